The lowest BCUT2D eigenvalue weighted by Crippen LogP contribution is -2.29. The summed E-state index contributed by atoms with van der Waals surface area (Å²) in [5.74, 6) is -0.931. The number of rotatable bonds is 38. The van der Waals surface area contributed by atoms with Crippen LogP contribution in [-0.2, 0) is 32.7 Å². The predicted octanol–water partition coefficient (Wildman–Crippen LogP) is 10.2. The summed E-state index contributed by atoms with van der Waals surface area (Å²) in [4.78, 5) is 34.8. The number of hydrogen-bond acceptors (Lipinski definition) is 9. The predicted molar refractivity (Wildman–Crippen MR) is 205 cm³/mol. The molecule has 10 nitrogen and oxygen atoms in total. The molecule has 11 heteroatoms. The maximum atomic E-state index is 12.6. The summed E-state index contributed by atoms with van der Waals surface area (Å²) in [7, 11) is -4.61. The summed E-state index contributed by atoms with van der Waals surface area (Å²) < 4.78 is 32.6. The van der Waals surface area contributed by atoms with Crippen LogP contribution >= 0.6 is 7.82 Å². The van der Waals surface area contributed by atoms with Crippen LogP contribution in [0, 0.1) is 0 Å². The zero-order valence-electron chi connectivity index (χ0n) is 32.3. The van der Waals surface area contributed by atoms with Gasteiger partial charge in [0.1, 0.15) is 12.7 Å². The fourth-order valence-corrected chi connectivity index (χ4v) is 6.22. The van der Waals surface area contributed by atoms with Crippen molar-refractivity contribution in [2.75, 3.05) is 26.4 Å². The maximum Gasteiger partial charge on any atom is 0.472 e. The van der Waals surface area contributed by atoms with E-state index in [1.165, 1.54) is 83.5 Å². The Morgan fingerprint density at radius 3 is 1.55 bits per heavy atom. The van der Waals surface area contributed by atoms with Crippen LogP contribution in [0.2, 0.25) is 0 Å². The average Bonchev–Trinajstić information content (AvgIpc) is 3.12. The summed E-state index contributed by atoms with van der Waals surface area (Å²) in [5.41, 5.74) is 0. The van der Waals surface area contributed by atoms with Gasteiger partial charge in [-0.15, -0.1) is 0 Å². The lowest BCUT2D eigenvalue weighted by atomic mass is 10.1. The van der Waals surface area contributed by atoms with Crippen molar-refractivity contribution in [3.05, 3.63) is 24.3 Å². The minimum Gasteiger partial charge on any atom is -0.462 e. The SMILES string of the molecule is CCCCC/C=C\C/C=C\CCCCCCCCCC(=O)O[C@H](COC(=O)CCCCCCCCCCCCC)COP(=O)(O)OC[C@@H](O)CO. The van der Waals surface area contributed by atoms with E-state index in [4.69, 9.17) is 19.1 Å². The first kappa shape index (κ1) is 49.5. The number of ether oxygens (including phenoxy) is 2. The van der Waals surface area contributed by atoms with E-state index in [0.717, 1.165) is 57.8 Å². The number of carbonyl (C=O) groups excluding carboxylic acids is 2. The van der Waals surface area contributed by atoms with E-state index in [0.29, 0.717) is 12.8 Å². The number of aliphatic hydroxyl groups excluding tert-OH is 2. The topological polar surface area (TPSA) is 149 Å². The van der Waals surface area contributed by atoms with Crippen LogP contribution in [0.15, 0.2) is 24.3 Å². The van der Waals surface area contributed by atoms with Crippen LogP contribution in [0.4, 0.5) is 0 Å². The van der Waals surface area contributed by atoms with Crippen molar-refractivity contribution in [1.29, 1.82) is 0 Å². The Kier molecular flexibility index (Phi) is 35.7. The molecule has 3 atom stereocenters. The number of allylic oxidation sites excluding steroid dienone is 4. The molecular weight excluding hydrogens is 671 g/mol. The number of esters is 2. The van der Waals surface area contributed by atoms with E-state index in [2.05, 4.69) is 42.7 Å². The van der Waals surface area contributed by atoms with Crippen LogP contribution < -0.4 is 0 Å². The van der Waals surface area contributed by atoms with Crippen molar-refractivity contribution in [3.8, 4) is 0 Å². The molecule has 0 aromatic rings. The van der Waals surface area contributed by atoms with Gasteiger partial charge in [0.25, 0.3) is 0 Å². The summed E-state index contributed by atoms with van der Waals surface area (Å²) in [6.07, 6.45) is 34.3. The highest BCUT2D eigenvalue weighted by atomic mass is 31.2. The first-order valence-corrected chi connectivity index (χ1v) is 21.8. The van der Waals surface area contributed by atoms with Gasteiger partial charge in [-0.05, 0) is 44.9 Å². The Labute approximate surface area is 310 Å². The van der Waals surface area contributed by atoms with Crippen LogP contribution in [0.25, 0.3) is 0 Å². The maximum absolute atomic E-state index is 12.6. The zero-order valence-corrected chi connectivity index (χ0v) is 33.2. The molecule has 300 valence electrons. The van der Waals surface area contributed by atoms with E-state index in [1.54, 1.807) is 0 Å². The van der Waals surface area contributed by atoms with E-state index in [-0.39, 0.29) is 19.4 Å². The molecule has 0 heterocycles. The second-order valence-electron chi connectivity index (χ2n) is 13.7. The Morgan fingerprint density at radius 2 is 1.02 bits per heavy atom. The summed E-state index contributed by atoms with van der Waals surface area (Å²) >= 11 is 0. The molecule has 51 heavy (non-hydrogen) atoms. The third-order valence-electron chi connectivity index (χ3n) is 8.61. The molecule has 0 aliphatic carbocycles. The van der Waals surface area contributed by atoms with Crippen molar-refractivity contribution in [3.63, 3.8) is 0 Å². The van der Waals surface area contributed by atoms with Gasteiger partial charge in [0, 0.05) is 12.8 Å². The van der Waals surface area contributed by atoms with Crippen LogP contribution in [0.3, 0.4) is 0 Å². The van der Waals surface area contributed by atoms with Crippen molar-refractivity contribution >= 4 is 19.8 Å². The molecule has 0 fully saturated rings. The molecular formula is C40H75O10P. The van der Waals surface area contributed by atoms with Gasteiger partial charge in [0.15, 0.2) is 6.10 Å². The number of carbonyl (C=O) groups is 2. The molecule has 0 saturated heterocycles. The van der Waals surface area contributed by atoms with Gasteiger partial charge in [0.05, 0.1) is 19.8 Å². The van der Waals surface area contributed by atoms with Crippen LogP contribution in [0.1, 0.15) is 181 Å². The molecule has 0 saturated carbocycles. The molecule has 0 aromatic heterocycles. The van der Waals surface area contributed by atoms with Gasteiger partial charge in [0.2, 0.25) is 0 Å². The van der Waals surface area contributed by atoms with Gasteiger partial charge < -0.3 is 24.6 Å². The summed E-state index contributed by atoms with van der Waals surface area (Å²) in [6, 6.07) is 0. The minimum absolute atomic E-state index is 0.178. The van der Waals surface area contributed by atoms with E-state index >= 15 is 0 Å². The lowest BCUT2D eigenvalue weighted by Gasteiger charge is -2.20. The first-order valence-electron chi connectivity index (χ1n) is 20.3. The second-order valence-corrected chi connectivity index (χ2v) is 15.1. The highest BCUT2D eigenvalue weighted by Crippen LogP contribution is 2.43. The van der Waals surface area contributed by atoms with E-state index < -0.39 is 51.8 Å². The van der Waals surface area contributed by atoms with Gasteiger partial charge in [-0.25, -0.2) is 4.57 Å². The summed E-state index contributed by atoms with van der Waals surface area (Å²) in [6.45, 7) is 2.34. The Hall–Kier alpha value is -1.55. The summed E-state index contributed by atoms with van der Waals surface area (Å²) in [5, 5.41) is 18.3. The van der Waals surface area contributed by atoms with Crippen molar-refractivity contribution < 1.29 is 47.8 Å². The Bertz CT molecular complexity index is 910. The van der Waals surface area contributed by atoms with Gasteiger partial charge in [-0.3, -0.25) is 18.6 Å². The first-order chi connectivity index (χ1) is 24.7. The molecule has 1 unspecified atom stereocenters. The average molecular weight is 747 g/mol. The lowest BCUT2D eigenvalue weighted by molar-refractivity contribution is -0.161. The molecule has 0 aromatic carbocycles. The largest absolute Gasteiger partial charge is 0.472 e. The van der Waals surface area contributed by atoms with Crippen molar-refractivity contribution in [1.82, 2.24) is 0 Å². The number of unbranched alkanes of at least 4 members (excludes halogenated alkanes) is 20. The molecule has 0 bridgehead atoms. The quantitative estimate of drug-likeness (QED) is 0.0241. The monoisotopic (exact) mass is 747 g/mol. The van der Waals surface area contributed by atoms with Crippen LogP contribution in [0.5, 0.6) is 0 Å². The number of hydrogen-bond donors (Lipinski definition) is 3. The highest BCUT2D eigenvalue weighted by Gasteiger charge is 2.27. The Morgan fingerprint density at radius 1 is 0.588 bits per heavy atom. The molecule has 0 rings (SSSR count). The second kappa shape index (κ2) is 36.8. The number of phosphoric acid groups is 1. The van der Waals surface area contributed by atoms with Crippen molar-refractivity contribution in [2.24, 2.45) is 0 Å². The van der Waals surface area contributed by atoms with Crippen LogP contribution in [-0.4, -0.2) is 65.7 Å². The van der Waals surface area contributed by atoms with E-state index in [1.807, 2.05) is 0 Å². The third kappa shape index (κ3) is 36.6. The third-order valence-corrected chi connectivity index (χ3v) is 9.56. The van der Waals surface area contributed by atoms with E-state index in [9.17, 15) is 24.2 Å². The zero-order chi connectivity index (χ0) is 37.7. The fraction of sp³-hybridized carbons (Fsp3) is 0.850. The van der Waals surface area contributed by atoms with Gasteiger partial charge >= 0.3 is 19.8 Å². The van der Waals surface area contributed by atoms with Crippen molar-refractivity contribution in [2.45, 2.75) is 193 Å². The molecule has 3 N–H and O–H groups in total. The molecule has 0 amide bonds. The molecule has 0 aliphatic rings. The number of aliphatic hydroxyl groups is 2. The normalized spacial score (nSPS) is 14.2. The highest BCUT2D eigenvalue weighted by molar-refractivity contribution is 7.47. The molecule has 0 aliphatic heterocycles. The van der Waals surface area contributed by atoms with Gasteiger partial charge in [-0.2, -0.15) is 0 Å². The Balaban J connectivity index is 4.32. The molecule has 0 spiro atoms. The smallest absolute Gasteiger partial charge is 0.462 e. The molecule has 0 radical (unpaired) electrons. The standard InChI is InChI=1S/C40H75O10P/c1-3-5-7-9-11-13-15-16-17-18-19-20-22-24-26-28-30-32-40(44)50-38(36-49-51(45,46)48-34-37(42)33-41)35-47-39(43)31-29-27-25-23-21-14-12-10-8-6-4-2/h11,13,16-17,37-38,41-42H,3-10,12,14-15,18-36H2,1-2H3,(H,45,46)/b13-11-,17-16-/t37-,38+/m0/s1. The van der Waals surface area contributed by atoms with Gasteiger partial charge in [-0.1, -0.05) is 147 Å². The number of phosphoric ester groups is 1. The fourth-order valence-electron chi connectivity index (χ4n) is 5.43. The minimum atomic E-state index is -4.61.